The standard InChI is InChI=1S/C15H21NO/c1-12-3-2-4-13(9-12)10-15(17)7-8-16(11-15)14-5-6-14/h2-4,9,14,17H,5-8,10-11H2,1H3. The Labute approximate surface area is 103 Å². The molecule has 2 heteroatoms. The molecule has 92 valence electrons. The third-order valence-electron chi connectivity index (χ3n) is 4.04. The molecule has 0 bridgehead atoms. The van der Waals surface area contributed by atoms with E-state index in [0.29, 0.717) is 0 Å². The highest BCUT2D eigenvalue weighted by atomic mass is 16.3. The van der Waals surface area contributed by atoms with Crippen molar-refractivity contribution in [3.05, 3.63) is 35.4 Å². The number of nitrogens with zero attached hydrogens (tertiary/aromatic N) is 1. The second kappa shape index (κ2) is 4.11. The van der Waals surface area contributed by atoms with Crippen LogP contribution in [0.2, 0.25) is 0 Å². The van der Waals surface area contributed by atoms with Gasteiger partial charge in [0, 0.05) is 25.6 Å². The number of hydrogen-bond donors (Lipinski definition) is 1. The predicted octanol–water partition coefficient (Wildman–Crippen LogP) is 2.14. The van der Waals surface area contributed by atoms with Crippen molar-refractivity contribution in [2.75, 3.05) is 13.1 Å². The minimum atomic E-state index is -0.490. The summed E-state index contributed by atoms with van der Waals surface area (Å²) in [5.74, 6) is 0. The largest absolute Gasteiger partial charge is 0.388 e. The van der Waals surface area contributed by atoms with Crippen LogP contribution in [-0.2, 0) is 6.42 Å². The Morgan fingerprint density at radius 2 is 2.24 bits per heavy atom. The quantitative estimate of drug-likeness (QED) is 0.861. The molecule has 1 aliphatic carbocycles. The first-order valence-corrected chi connectivity index (χ1v) is 6.67. The van der Waals surface area contributed by atoms with E-state index in [1.807, 2.05) is 0 Å². The van der Waals surface area contributed by atoms with Gasteiger partial charge in [-0.15, -0.1) is 0 Å². The molecule has 1 aliphatic heterocycles. The van der Waals surface area contributed by atoms with Crippen LogP contribution in [0.1, 0.15) is 30.4 Å². The highest BCUT2D eigenvalue weighted by Crippen LogP contribution is 2.34. The van der Waals surface area contributed by atoms with Crippen molar-refractivity contribution in [3.63, 3.8) is 0 Å². The summed E-state index contributed by atoms with van der Waals surface area (Å²) in [4.78, 5) is 2.47. The van der Waals surface area contributed by atoms with Gasteiger partial charge in [0.15, 0.2) is 0 Å². The summed E-state index contributed by atoms with van der Waals surface area (Å²) in [5, 5.41) is 10.6. The Balaban J connectivity index is 1.68. The number of likely N-dealkylation sites (tertiary alicyclic amines) is 1. The summed E-state index contributed by atoms with van der Waals surface area (Å²) < 4.78 is 0. The molecule has 1 unspecified atom stereocenters. The van der Waals surface area contributed by atoms with E-state index in [1.54, 1.807) is 0 Å². The van der Waals surface area contributed by atoms with Gasteiger partial charge in [-0.3, -0.25) is 4.90 Å². The van der Waals surface area contributed by atoms with Crippen molar-refractivity contribution < 1.29 is 5.11 Å². The normalized spacial score (nSPS) is 29.8. The van der Waals surface area contributed by atoms with Crippen LogP contribution in [0.5, 0.6) is 0 Å². The average Bonchev–Trinajstić information content (AvgIpc) is 3.03. The molecule has 0 spiro atoms. The lowest BCUT2D eigenvalue weighted by Crippen LogP contribution is -2.36. The Morgan fingerprint density at radius 1 is 1.41 bits per heavy atom. The number of aliphatic hydroxyl groups is 1. The molecule has 0 amide bonds. The van der Waals surface area contributed by atoms with Gasteiger partial charge in [0.2, 0.25) is 0 Å². The molecule has 2 nitrogen and oxygen atoms in total. The van der Waals surface area contributed by atoms with E-state index in [-0.39, 0.29) is 0 Å². The van der Waals surface area contributed by atoms with Crippen molar-refractivity contribution in [3.8, 4) is 0 Å². The van der Waals surface area contributed by atoms with Crippen LogP contribution in [-0.4, -0.2) is 34.7 Å². The molecule has 1 N–H and O–H groups in total. The lowest BCUT2D eigenvalue weighted by molar-refractivity contribution is 0.0487. The van der Waals surface area contributed by atoms with Crippen molar-refractivity contribution in [2.24, 2.45) is 0 Å². The summed E-state index contributed by atoms with van der Waals surface area (Å²) in [6.07, 6.45) is 4.40. The maximum atomic E-state index is 10.6. The maximum absolute atomic E-state index is 10.6. The van der Waals surface area contributed by atoms with E-state index in [4.69, 9.17) is 0 Å². The molecular weight excluding hydrogens is 210 g/mol. The number of aryl methyl sites for hydroxylation is 1. The zero-order valence-electron chi connectivity index (χ0n) is 10.5. The van der Waals surface area contributed by atoms with Gasteiger partial charge in [0.05, 0.1) is 5.60 Å². The van der Waals surface area contributed by atoms with Gasteiger partial charge in [-0.25, -0.2) is 0 Å². The van der Waals surface area contributed by atoms with E-state index in [1.165, 1.54) is 24.0 Å². The van der Waals surface area contributed by atoms with E-state index >= 15 is 0 Å². The summed E-state index contributed by atoms with van der Waals surface area (Å²) in [6, 6.07) is 9.30. The van der Waals surface area contributed by atoms with E-state index in [2.05, 4.69) is 36.1 Å². The Bertz CT molecular complexity index is 413. The third-order valence-corrected chi connectivity index (χ3v) is 4.04. The number of hydrogen-bond acceptors (Lipinski definition) is 2. The first-order chi connectivity index (χ1) is 8.15. The van der Waals surface area contributed by atoms with Crippen LogP contribution in [0.25, 0.3) is 0 Å². The highest BCUT2D eigenvalue weighted by molar-refractivity contribution is 5.24. The van der Waals surface area contributed by atoms with E-state index in [0.717, 1.165) is 32.0 Å². The smallest absolute Gasteiger partial charge is 0.0826 e. The van der Waals surface area contributed by atoms with E-state index < -0.39 is 5.60 Å². The SMILES string of the molecule is Cc1cccc(CC2(O)CCN(C3CC3)C2)c1. The maximum Gasteiger partial charge on any atom is 0.0826 e. The number of benzene rings is 1. The van der Waals surface area contributed by atoms with Gasteiger partial charge in [-0.05, 0) is 31.7 Å². The second-order valence-corrected chi connectivity index (χ2v) is 5.84. The summed E-state index contributed by atoms with van der Waals surface area (Å²) in [5.41, 5.74) is 2.06. The van der Waals surface area contributed by atoms with E-state index in [9.17, 15) is 5.11 Å². The number of rotatable bonds is 3. The molecule has 2 aliphatic rings. The van der Waals surface area contributed by atoms with Gasteiger partial charge in [-0.2, -0.15) is 0 Å². The molecule has 2 fully saturated rings. The Hall–Kier alpha value is -0.860. The molecule has 0 radical (unpaired) electrons. The zero-order chi connectivity index (χ0) is 11.9. The van der Waals surface area contributed by atoms with Crippen LogP contribution >= 0.6 is 0 Å². The fourth-order valence-electron chi connectivity index (χ4n) is 2.99. The van der Waals surface area contributed by atoms with Crippen LogP contribution in [0.3, 0.4) is 0 Å². The minimum absolute atomic E-state index is 0.490. The molecule has 1 heterocycles. The first-order valence-electron chi connectivity index (χ1n) is 6.67. The first kappa shape index (κ1) is 11.2. The fraction of sp³-hybridized carbons (Fsp3) is 0.600. The summed E-state index contributed by atoms with van der Waals surface area (Å²) in [7, 11) is 0. The average molecular weight is 231 g/mol. The molecule has 17 heavy (non-hydrogen) atoms. The predicted molar refractivity (Wildman–Crippen MR) is 69.0 cm³/mol. The topological polar surface area (TPSA) is 23.5 Å². The van der Waals surface area contributed by atoms with Crippen molar-refractivity contribution >= 4 is 0 Å². The molecule has 1 atom stereocenters. The van der Waals surface area contributed by atoms with Crippen molar-refractivity contribution in [1.29, 1.82) is 0 Å². The number of β-amino-alcohol motifs (C(OH)–C–C–N with tert-alkyl or cyclic N) is 1. The summed E-state index contributed by atoms with van der Waals surface area (Å²) in [6.45, 7) is 4.05. The van der Waals surface area contributed by atoms with Crippen LogP contribution in [0.4, 0.5) is 0 Å². The highest BCUT2D eigenvalue weighted by Gasteiger charge is 2.41. The van der Waals surface area contributed by atoms with Crippen LogP contribution in [0.15, 0.2) is 24.3 Å². The zero-order valence-corrected chi connectivity index (χ0v) is 10.5. The van der Waals surface area contributed by atoms with Gasteiger partial charge in [0.25, 0.3) is 0 Å². The van der Waals surface area contributed by atoms with Gasteiger partial charge < -0.3 is 5.11 Å². The molecule has 3 rings (SSSR count). The molecular formula is C15H21NO. The fourth-order valence-corrected chi connectivity index (χ4v) is 2.99. The van der Waals surface area contributed by atoms with Crippen molar-refractivity contribution in [2.45, 2.75) is 44.2 Å². The molecule has 0 aromatic heterocycles. The van der Waals surface area contributed by atoms with Gasteiger partial charge in [0.1, 0.15) is 0 Å². The van der Waals surface area contributed by atoms with Crippen LogP contribution in [0, 0.1) is 6.92 Å². The summed E-state index contributed by atoms with van der Waals surface area (Å²) >= 11 is 0. The Morgan fingerprint density at radius 3 is 2.94 bits per heavy atom. The third kappa shape index (κ3) is 2.53. The molecule has 1 aromatic carbocycles. The molecule has 1 saturated carbocycles. The Kier molecular flexibility index (Phi) is 2.72. The lowest BCUT2D eigenvalue weighted by atomic mass is 9.93. The minimum Gasteiger partial charge on any atom is -0.388 e. The second-order valence-electron chi connectivity index (χ2n) is 5.84. The van der Waals surface area contributed by atoms with Crippen molar-refractivity contribution in [1.82, 2.24) is 4.90 Å². The van der Waals surface area contributed by atoms with Gasteiger partial charge >= 0.3 is 0 Å². The van der Waals surface area contributed by atoms with Crippen LogP contribution < -0.4 is 0 Å². The monoisotopic (exact) mass is 231 g/mol. The van der Waals surface area contributed by atoms with Gasteiger partial charge in [-0.1, -0.05) is 29.8 Å². The lowest BCUT2D eigenvalue weighted by Gasteiger charge is -2.23. The molecule has 1 aromatic rings. The molecule has 1 saturated heterocycles.